The molecule has 33 heavy (non-hydrogen) atoms. The molecule has 0 spiro atoms. The first-order chi connectivity index (χ1) is 15.6. The number of hydrogen-bond donors (Lipinski definition) is 1. The van der Waals surface area contributed by atoms with Crippen LogP contribution in [0.3, 0.4) is 0 Å². The van der Waals surface area contributed by atoms with E-state index < -0.39 is 11.7 Å². The van der Waals surface area contributed by atoms with E-state index in [1.54, 1.807) is 26.0 Å². The summed E-state index contributed by atoms with van der Waals surface area (Å²) in [6.07, 6.45) is 1.81. The quantitative estimate of drug-likeness (QED) is 0.472. The summed E-state index contributed by atoms with van der Waals surface area (Å²) in [6, 6.07) is 10.6. The van der Waals surface area contributed by atoms with Crippen LogP contribution < -0.4 is 10.1 Å². The van der Waals surface area contributed by atoms with Crippen LogP contribution in [-0.2, 0) is 6.18 Å². The van der Waals surface area contributed by atoms with Gasteiger partial charge in [-0.3, -0.25) is 4.99 Å². The SMILES string of the molecule is CC(C)Oc1cc(C(F)(F)F)ccc1C1=N[C@@H](c2ccc(Cl)cc2)[C@@H](C2C=CC(Cl)=CC2)N1. The lowest BCUT2D eigenvalue weighted by molar-refractivity contribution is -0.137. The van der Waals surface area contributed by atoms with Crippen molar-refractivity contribution in [2.75, 3.05) is 0 Å². The van der Waals surface area contributed by atoms with Crippen molar-refractivity contribution in [1.29, 1.82) is 0 Å². The fraction of sp³-hybridized carbons (Fsp3) is 0.320. The summed E-state index contributed by atoms with van der Waals surface area (Å²) in [5, 5.41) is 4.76. The lowest BCUT2D eigenvalue weighted by atomic mass is 9.86. The highest BCUT2D eigenvalue weighted by molar-refractivity contribution is 6.31. The Balaban J connectivity index is 1.74. The average molecular weight is 495 g/mol. The molecule has 2 aromatic carbocycles. The van der Waals surface area contributed by atoms with Gasteiger partial charge in [0.1, 0.15) is 11.6 Å². The second kappa shape index (κ2) is 9.43. The van der Waals surface area contributed by atoms with Gasteiger partial charge < -0.3 is 10.1 Å². The van der Waals surface area contributed by atoms with Crippen LogP contribution >= 0.6 is 23.2 Å². The third-order valence-electron chi connectivity index (χ3n) is 5.60. The maximum Gasteiger partial charge on any atom is 0.416 e. The molecule has 8 heteroatoms. The van der Waals surface area contributed by atoms with Gasteiger partial charge in [-0.2, -0.15) is 13.2 Å². The molecule has 0 amide bonds. The van der Waals surface area contributed by atoms with Crippen molar-refractivity contribution >= 4 is 29.0 Å². The van der Waals surface area contributed by atoms with Crippen molar-refractivity contribution in [2.45, 2.75) is 44.6 Å². The van der Waals surface area contributed by atoms with Gasteiger partial charge in [-0.05, 0) is 62.2 Å². The molecule has 0 fully saturated rings. The molecule has 0 aromatic heterocycles. The first kappa shape index (κ1) is 23.7. The predicted molar refractivity (Wildman–Crippen MR) is 126 cm³/mol. The zero-order valence-electron chi connectivity index (χ0n) is 18.0. The molecule has 2 aliphatic rings. The van der Waals surface area contributed by atoms with Gasteiger partial charge in [0.05, 0.1) is 29.3 Å². The number of alkyl halides is 3. The molecule has 4 rings (SSSR count). The molecule has 1 unspecified atom stereocenters. The van der Waals surface area contributed by atoms with E-state index in [2.05, 4.69) is 5.32 Å². The number of hydrogen-bond acceptors (Lipinski definition) is 3. The number of nitrogens with zero attached hydrogens (tertiary/aromatic N) is 1. The second-order valence-electron chi connectivity index (χ2n) is 8.37. The summed E-state index contributed by atoms with van der Waals surface area (Å²) in [6.45, 7) is 3.55. The van der Waals surface area contributed by atoms with Crippen LogP contribution in [0.5, 0.6) is 5.75 Å². The predicted octanol–water partition coefficient (Wildman–Crippen LogP) is 7.30. The van der Waals surface area contributed by atoms with Crippen molar-refractivity contribution in [2.24, 2.45) is 10.9 Å². The molecule has 0 radical (unpaired) electrons. The zero-order chi connectivity index (χ0) is 23.8. The van der Waals surface area contributed by atoms with Gasteiger partial charge in [0.15, 0.2) is 0 Å². The first-order valence-electron chi connectivity index (χ1n) is 10.6. The van der Waals surface area contributed by atoms with E-state index in [0.717, 1.165) is 24.1 Å². The summed E-state index contributed by atoms with van der Waals surface area (Å²) >= 11 is 12.2. The third-order valence-corrected chi connectivity index (χ3v) is 6.13. The van der Waals surface area contributed by atoms with E-state index in [1.807, 2.05) is 30.4 Å². The van der Waals surface area contributed by atoms with E-state index in [0.29, 0.717) is 21.5 Å². The summed E-state index contributed by atoms with van der Waals surface area (Å²) < 4.78 is 45.8. The third kappa shape index (κ3) is 5.39. The van der Waals surface area contributed by atoms with E-state index in [1.165, 1.54) is 6.07 Å². The van der Waals surface area contributed by atoms with Gasteiger partial charge in [-0.15, -0.1) is 0 Å². The van der Waals surface area contributed by atoms with Gasteiger partial charge in [-0.25, -0.2) is 0 Å². The number of rotatable bonds is 5. The standard InChI is InChI=1S/C25H23Cl2F3N2O/c1-14(2)33-21-13-17(25(28,29)30)7-12-20(21)24-31-22(15-3-8-18(26)9-4-15)23(32-24)16-5-10-19(27)11-6-16/h3-5,7-14,16,22-23H,6H2,1-2H3,(H,31,32)/t16?,22-,23+/m0/s1. The monoisotopic (exact) mass is 494 g/mol. The van der Waals surface area contributed by atoms with Gasteiger partial charge >= 0.3 is 6.18 Å². The molecule has 1 N–H and O–H groups in total. The highest BCUT2D eigenvalue weighted by Crippen LogP contribution is 2.38. The normalized spacial score (nSPS) is 22.7. The van der Waals surface area contributed by atoms with Crippen LogP contribution in [0.15, 0.2) is 70.7 Å². The van der Waals surface area contributed by atoms with E-state index in [9.17, 15) is 13.2 Å². The molecule has 0 bridgehead atoms. The Kier molecular flexibility index (Phi) is 6.78. The number of nitrogens with one attached hydrogen (secondary N) is 1. The Hall–Kier alpha value is -2.44. The number of halogens is 5. The molecule has 0 saturated heterocycles. The van der Waals surface area contributed by atoms with Gasteiger partial charge in [0, 0.05) is 16.0 Å². The molecule has 1 aliphatic heterocycles. The van der Waals surface area contributed by atoms with E-state index in [-0.39, 0.29) is 29.9 Å². The summed E-state index contributed by atoms with van der Waals surface area (Å²) in [5.74, 6) is 0.737. The Morgan fingerprint density at radius 3 is 2.42 bits per heavy atom. The van der Waals surface area contributed by atoms with Crippen LogP contribution in [-0.4, -0.2) is 18.0 Å². The highest BCUT2D eigenvalue weighted by atomic mass is 35.5. The molecular formula is C25H23Cl2F3N2O. The minimum absolute atomic E-state index is 0.0957. The Labute approximate surface area is 201 Å². The van der Waals surface area contributed by atoms with Crippen LogP contribution in [0.4, 0.5) is 13.2 Å². The van der Waals surface area contributed by atoms with Gasteiger partial charge in [0.2, 0.25) is 0 Å². The number of ether oxygens (including phenoxy) is 1. The van der Waals surface area contributed by atoms with Crippen LogP contribution in [0, 0.1) is 5.92 Å². The molecule has 3 nitrogen and oxygen atoms in total. The maximum absolute atomic E-state index is 13.3. The summed E-state index contributed by atoms with van der Waals surface area (Å²) in [4.78, 5) is 4.91. The molecule has 174 valence electrons. The molecule has 1 aliphatic carbocycles. The molecule has 3 atom stereocenters. The maximum atomic E-state index is 13.3. The summed E-state index contributed by atoms with van der Waals surface area (Å²) in [5.41, 5.74) is 0.687. The molecule has 2 aromatic rings. The number of amidine groups is 1. The lowest BCUT2D eigenvalue weighted by Gasteiger charge is -2.27. The van der Waals surface area contributed by atoms with Crippen molar-refractivity contribution in [1.82, 2.24) is 5.32 Å². The molecule has 0 saturated carbocycles. The highest BCUT2D eigenvalue weighted by Gasteiger charge is 2.37. The zero-order valence-corrected chi connectivity index (χ0v) is 19.5. The minimum Gasteiger partial charge on any atom is -0.490 e. The Morgan fingerprint density at radius 2 is 1.82 bits per heavy atom. The van der Waals surface area contributed by atoms with Crippen molar-refractivity contribution < 1.29 is 17.9 Å². The van der Waals surface area contributed by atoms with E-state index >= 15 is 0 Å². The van der Waals surface area contributed by atoms with Crippen LogP contribution in [0.2, 0.25) is 5.02 Å². The van der Waals surface area contributed by atoms with Crippen molar-refractivity contribution in [3.8, 4) is 5.75 Å². The largest absolute Gasteiger partial charge is 0.490 e. The first-order valence-corrected chi connectivity index (χ1v) is 11.4. The fourth-order valence-corrected chi connectivity index (χ4v) is 4.33. The minimum atomic E-state index is -4.47. The summed E-state index contributed by atoms with van der Waals surface area (Å²) in [7, 11) is 0. The molecular weight excluding hydrogens is 472 g/mol. The van der Waals surface area contributed by atoms with Crippen molar-refractivity contribution in [3.63, 3.8) is 0 Å². The Bertz CT molecular complexity index is 1110. The number of allylic oxidation sites excluding steroid dienone is 3. The molecule has 1 heterocycles. The number of aliphatic imine (C=N–C) groups is 1. The fourth-order valence-electron chi connectivity index (χ4n) is 4.05. The van der Waals surface area contributed by atoms with Gasteiger partial charge in [0.25, 0.3) is 0 Å². The van der Waals surface area contributed by atoms with Gasteiger partial charge in [-0.1, -0.05) is 47.5 Å². The van der Waals surface area contributed by atoms with E-state index in [4.69, 9.17) is 32.9 Å². The smallest absolute Gasteiger partial charge is 0.416 e. The Morgan fingerprint density at radius 1 is 1.09 bits per heavy atom. The second-order valence-corrected chi connectivity index (χ2v) is 9.24. The average Bonchev–Trinajstić information content (AvgIpc) is 3.19. The topological polar surface area (TPSA) is 33.6 Å². The van der Waals surface area contributed by atoms with Crippen molar-refractivity contribution in [3.05, 3.63) is 87.4 Å². The number of benzene rings is 2. The van der Waals surface area contributed by atoms with Crippen LogP contribution in [0.1, 0.15) is 43.0 Å². The lowest BCUT2D eigenvalue weighted by Crippen LogP contribution is -2.38. The van der Waals surface area contributed by atoms with Crippen LogP contribution in [0.25, 0.3) is 0 Å².